The van der Waals surface area contributed by atoms with Crippen LogP contribution in [0.1, 0.15) is 64.9 Å². The first-order chi connectivity index (χ1) is 21.4. The third-order valence-electron chi connectivity index (χ3n) is 8.41. The van der Waals surface area contributed by atoms with E-state index in [1.165, 1.54) is 0 Å². The Morgan fingerprint density at radius 3 is 2.64 bits per heavy atom. The van der Waals surface area contributed by atoms with E-state index >= 15 is 0 Å². The molecule has 3 aliphatic rings. The molecule has 0 spiro atoms. The molecule has 1 saturated heterocycles. The van der Waals surface area contributed by atoms with E-state index < -0.39 is 23.8 Å². The topological polar surface area (TPSA) is 173 Å². The molecule has 2 aromatic rings. The van der Waals surface area contributed by atoms with E-state index in [9.17, 15) is 19.2 Å². The lowest BCUT2D eigenvalue weighted by Gasteiger charge is -2.32. The number of carbonyl (C=O) groups is 4. The largest absolute Gasteiger partial charge is 0.404 e. The van der Waals surface area contributed by atoms with Crippen LogP contribution < -0.4 is 21.7 Å². The standard InChI is InChI=1S/C32H39N7O5/c33-19-22(27-5-1-7-29(37-27)38-11-14-44-15-12-38)20-36-24-16-21(17-24)4-2-10-35-23-8-9-25-26(18-23)32(43)39(31(25)42)28(30(34)41)6-3-13-40/h1,5,7-9,13,18-21,24,28,35H,2-4,6,10-12,14-17,33H2,(H2,34,41). The number of pyridine rings is 1. The minimum atomic E-state index is -1.15. The summed E-state index contributed by atoms with van der Waals surface area (Å²) in [6, 6.07) is 10.0. The number of aromatic nitrogens is 1. The Hall–Kier alpha value is -4.58. The van der Waals surface area contributed by atoms with Gasteiger partial charge >= 0.3 is 0 Å². The normalized spacial score (nSPS) is 20.9. The molecule has 0 bridgehead atoms. The number of hydrogen-bond donors (Lipinski definition) is 3. The maximum Gasteiger partial charge on any atom is 0.262 e. The number of benzene rings is 1. The van der Waals surface area contributed by atoms with Crippen LogP contribution in [0, 0.1) is 5.92 Å². The van der Waals surface area contributed by atoms with Gasteiger partial charge in [-0.3, -0.25) is 24.3 Å². The first-order valence-corrected chi connectivity index (χ1v) is 15.1. The summed E-state index contributed by atoms with van der Waals surface area (Å²) in [4.78, 5) is 61.2. The average Bonchev–Trinajstić information content (AvgIpc) is 3.26. The van der Waals surface area contributed by atoms with Crippen molar-refractivity contribution in [3.05, 3.63) is 59.4 Å². The SMILES string of the molecule is NC=C(C=NC1CC(CCCNc2ccc3c(c2)C(=O)N(C(CCC=O)C(N)=O)C3=O)C1)c1cccc(N2CCOCC2)n1. The van der Waals surface area contributed by atoms with E-state index in [-0.39, 0.29) is 30.0 Å². The highest BCUT2D eigenvalue weighted by Crippen LogP contribution is 2.34. The number of aldehydes is 1. The van der Waals surface area contributed by atoms with Crippen LogP contribution in [0.25, 0.3) is 5.57 Å². The fourth-order valence-electron chi connectivity index (χ4n) is 5.89. The first-order valence-electron chi connectivity index (χ1n) is 15.1. The van der Waals surface area contributed by atoms with E-state index in [1.807, 2.05) is 24.4 Å². The van der Waals surface area contributed by atoms with Crippen molar-refractivity contribution in [2.24, 2.45) is 22.4 Å². The molecule has 5 rings (SSSR count). The zero-order valence-electron chi connectivity index (χ0n) is 24.7. The fraction of sp³-hybridized carbons (Fsp3) is 0.438. The lowest BCUT2D eigenvalue weighted by atomic mass is 9.78. The third kappa shape index (κ3) is 6.96. The van der Waals surface area contributed by atoms with Gasteiger partial charge in [0.25, 0.3) is 11.8 Å². The number of nitrogens with zero attached hydrogens (tertiary/aromatic N) is 4. The average molecular weight is 602 g/mol. The minimum absolute atomic E-state index is 0.00799. The summed E-state index contributed by atoms with van der Waals surface area (Å²) in [5.41, 5.74) is 14.1. The Morgan fingerprint density at radius 1 is 1.14 bits per heavy atom. The van der Waals surface area contributed by atoms with Crippen molar-refractivity contribution in [3.63, 3.8) is 0 Å². The highest BCUT2D eigenvalue weighted by atomic mass is 16.5. The number of amides is 3. The smallest absolute Gasteiger partial charge is 0.262 e. The molecular weight excluding hydrogens is 562 g/mol. The highest BCUT2D eigenvalue weighted by molar-refractivity contribution is 6.23. The van der Waals surface area contributed by atoms with Crippen molar-refractivity contribution < 1.29 is 23.9 Å². The van der Waals surface area contributed by atoms with E-state index in [4.69, 9.17) is 26.2 Å². The summed E-state index contributed by atoms with van der Waals surface area (Å²) >= 11 is 0. The molecule has 1 atom stereocenters. The number of primary amides is 1. The van der Waals surface area contributed by atoms with Gasteiger partial charge in [-0.2, -0.15) is 0 Å². The molecule has 12 heteroatoms. The Balaban J connectivity index is 1.06. The number of rotatable bonds is 14. The molecule has 1 aromatic heterocycles. The van der Waals surface area contributed by atoms with Crippen molar-refractivity contribution in [1.29, 1.82) is 0 Å². The Kier molecular flexibility index (Phi) is 10.0. The van der Waals surface area contributed by atoms with Gasteiger partial charge in [-0.1, -0.05) is 6.07 Å². The number of nitrogens with two attached hydrogens (primary N) is 2. The Bertz CT molecular complexity index is 1450. The molecule has 2 aliphatic heterocycles. The number of ether oxygens (including phenoxy) is 1. The van der Waals surface area contributed by atoms with Gasteiger partial charge < -0.3 is 31.2 Å². The minimum Gasteiger partial charge on any atom is -0.404 e. The van der Waals surface area contributed by atoms with E-state index in [0.29, 0.717) is 32.0 Å². The molecule has 1 aliphatic carbocycles. The number of imide groups is 1. The second-order valence-corrected chi connectivity index (χ2v) is 11.3. The summed E-state index contributed by atoms with van der Waals surface area (Å²) in [5.74, 6) is -0.443. The quantitative estimate of drug-likeness (QED) is 0.127. The van der Waals surface area contributed by atoms with Crippen molar-refractivity contribution in [3.8, 4) is 0 Å². The number of nitrogens with one attached hydrogen (secondary N) is 1. The number of allylic oxidation sites excluding steroid dienone is 1. The van der Waals surface area contributed by atoms with Crippen LogP contribution in [0.15, 0.2) is 47.6 Å². The Morgan fingerprint density at radius 2 is 1.91 bits per heavy atom. The number of fused-ring (bicyclic) bond motifs is 1. The third-order valence-corrected chi connectivity index (χ3v) is 8.41. The van der Waals surface area contributed by atoms with Gasteiger partial charge in [0.05, 0.1) is 36.1 Å². The molecule has 0 radical (unpaired) electrons. The number of carbonyl (C=O) groups excluding carboxylic acids is 4. The molecule has 2 fully saturated rings. The highest BCUT2D eigenvalue weighted by Gasteiger charge is 2.42. The van der Waals surface area contributed by atoms with Crippen LogP contribution in [0.5, 0.6) is 0 Å². The van der Waals surface area contributed by atoms with Crippen LogP contribution in [0.4, 0.5) is 11.5 Å². The maximum absolute atomic E-state index is 13.0. The van der Waals surface area contributed by atoms with Gasteiger partial charge in [-0.25, -0.2) is 4.98 Å². The molecule has 232 valence electrons. The van der Waals surface area contributed by atoms with Gasteiger partial charge in [0.15, 0.2) is 0 Å². The number of morpholine rings is 1. The summed E-state index contributed by atoms with van der Waals surface area (Å²) in [5, 5.41) is 3.33. The molecular formula is C32H39N7O5. The molecule has 1 saturated carbocycles. The van der Waals surface area contributed by atoms with Gasteiger partial charge in [-0.15, -0.1) is 0 Å². The zero-order chi connectivity index (χ0) is 31.1. The van der Waals surface area contributed by atoms with Gasteiger partial charge in [0.1, 0.15) is 18.1 Å². The molecule has 44 heavy (non-hydrogen) atoms. The van der Waals surface area contributed by atoms with Crippen LogP contribution >= 0.6 is 0 Å². The molecule has 5 N–H and O–H groups in total. The summed E-state index contributed by atoms with van der Waals surface area (Å²) < 4.78 is 5.44. The number of anilines is 2. The van der Waals surface area contributed by atoms with Crippen molar-refractivity contribution in [2.75, 3.05) is 43.1 Å². The first kappa shape index (κ1) is 30.9. The van der Waals surface area contributed by atoms with Gasteiger partial charge in [0, 0.05) is 49.7 Å². The van der Waals surface area contributed by atoms with Gasteiger partial charge in [-0.05, 0) is 68.4 Å². The van der Waals surface area contributed by atoms with Crippen molar-refractivity contribution in [1.82, 2.24) is 9.88 Å². The Labute approximate surface area is 256 Å². The van der Waals surface area contributed by atoms with E-state index in [2.05, 4.69) is 10.2 Å². The number of aliphatic imine (C=N–C) groups is 1. The molecule has 12 nitrogen and oxygen atoms in total. The van der Waals surface area contributed by atoms with Crippen LogP contribution in [-0.4, -0.2) is 85.0 Å². The second-order valence-electron chi connectivity index (χ2n) is 11.3. The maximum atomic E-state index is 13.0. The molecule has 3 amide bonds. The predicted molar refractivity (Wildman–Crippen MR) is 167 cm³/mol. The van der Waals surface area contributed by atoms with E-state index in [1.54, 1.807) is 24.4 Å². The van der Waals surface area contributed by atoms with Crippen LogP contribution in [0.2, 0.25) is 0 Å². The molecule has 1 aromatic carbocycles. The zero-order valence-corrected chi connectivity index (χ0v) is 24.7. The summed E-state index contributed by atoms with van der Waals surface area (Å²) in [6.45, 7) is 3.76. The lowest BCUT2D eigenvalue weighted by Crippen LogP contribution is -2.47. The number of hydrogen-bond acceptors (Lipinski definition) is 10. The predicted octanol–water partition coefficient (Wildman–Crippen LogP) is 2.39. The van der Waals surface area contributed by atoms with Gasteiger partial charge in [0.2, 0.25) is 5.91 Å². The summed E-state index contributed by atoms with van der Waals surface area (Å²) in [6.07, 6.45) is 8.09. The van der Waals surface area contributed by atoms with Crippen molar-refractivity contribution in [2.45, 2.75) is 50.6 Å². The van der Waals surface area contributed by atoms with Crippen LogP contribution in [-0.2, 0) is 14.3 Å². The second kappa shape index (κ2) is 14.3. The molecule has 3 heterocycles. The fourth-order valence-corrected chi connectivity index (χ4v) is 5.89. The van der Waals surface area contributed by atoms with E-state index in [0.717, 1.165) is 66.4 Å². The van der Waals surface area contributed by atoms with Crippen molar-refractivity contribution >= 4 is 47.3 Å². The van der Waals surface area contributed by atoms with Crippen LogP contribution in [0.3, 0.4) is 0 Å². The monoisotopic (exact) mass is 601 g/mol. The molecule has 1 unspecified atom stereocenters. The summed E-state index contributed by atoms with van der Waals surface area (Å²) in [7, 11) is 0. The lowest BCUT2D eigenvalue weighted by molar-refractivity contribution is -0.122.